The second-order valence-electron chi connectivity index (χ2n) is 16.9. The molecule has 0 aliphatic carbocycles. The summed E-state index contributed by atoms with van der Waals surface area (Å²) in [7, 11) is -4.63. The first-order valence-corrected chi connectivity index (χ1v) is 26.7. The average Bonchev–Trinajstić information content (AvgIpc) is 3.25. The molecule has 362 valence electrons. The number of carboxylic acids is 1. The number of hydrogen-bond donors (Lipinski definition) is 3. The third-order valence-corrected chi connectivity index (χ3v) is 11.8. The molecule has 0 aromatic carbocycles. The van der Waals surface area contributed by atoms with Crippen LogP contribution in [0, 0.1) is 0 Å². The van der Waals surface area contributed by atoms with Gasteiger partial charge in [0.15, 0.2) is 0 Å². The minimum atomic E-state index is -4.63. The summed E-state index contributed by atoms with van der Waals surface area (Å²) in [6.45, 7) is 3.86. The van der Waals surface area contributed by atoms with E-state index in [0.29, 0.717) is 13.0 Å². The summed E-state index contributed by atoms with van der Waals surface area (Å²) in [6, 6.07) is -1.48. The number of esters is 1. The van der Waals surface area contributed by atoms with Gasteiger partial charge in [-0.3, -0.25) is 18.6 Å². The van der Waals surface area contributed by atoms with Gasteiger partial charge in [-0.1, -0.05) is 191 Å². The molecule has 0 heterocycles. The number of hydrogen-bond acceptors (Lipinski definition) is 8. The van der Waals surface area contributed by atoms with E-state index in [1.54, 1.807) is 0 Å². The quantitative estimate of drug-likeness (QED) is 0.0233. The molecule has 4 N–H and O–H groups in total. The van der Waals surface area contributed by atoms with Crippen LogP contribution in [0.3, 0.4) is 0 Å². The molecule has 62 heavy (non-hydrogen) atoms. The molecule has 0 saturated carbocycles. The summed E-state index contributed by atoms with van der Waals surface area (Å²) >= 11 is 0. The van der Waals surface area contributed by atoms with E-state index >= 15 is 0 Å². The van der Waals surface area contributed by atoms with Crippen molar-refractivity contribution < 1.29 is 42.7 Å². The zero-order chi connectivity index (χ0) is 45.5. The standard InChI is InChI=1S/C51H94NO9P/c1-3-5-7-9-11-13-15-17-19-21-23-24-25-26-28-30-32-34-36-38-40-42-44-58-45-48(46-59-62(56,57)60-47-49(52)51(54)55)61-50(53)43-41-39-37-35-33-31-29-27-22-20-18-16-14-12-10-8-6-4-2/h14-17,20-23,48-49H,3-13,18-19,24-47,52H2,1-2H3,(H,54,55)(H,56,57)/b16-14-,17-15-,22-20-,23-21-. The molecule has 0 bridgehead atoms. The number of unbranched alkanes of at least 4 members (excludes halogenated alkanes) is 26. The third-order valence-electron chi connectivity index (χ3n) is 10.8. The Labute approximate surface area is 379 Å². The lowest BCUT2D eigenvalue weighted by Gasteiger charge is -2.20. The van der Waals surface area contributed by atoms with Crippen molar-refractivity contribution in [3.63, 3.8) is 0 Å². The molecule has 0 rings (SSSR count). The summed E-state index contributed by atoms with van der Waals surface area (Å²) in [6.07, 6.45) is 55.9. The van der Waals surface area contributed by atoms with Gasteiger partial charge in [-0.2, -0.15) is 0 Å². The lowest BCUT2D eigenvalue weighted by Crippen LogP contribution is -2.34. The summed E-state index contributed by atoms with van der Waals surface area (Å²) < 4.78 is 33.5. The second kappa shape index (κ2) is 46.9. The predicted octanol–water partition coefficient (Wildman–Crippen LogP) is 14.6. The van der Waals surface area contributed by atoms with Gasteiger partial charge in [-0.15, -0.1) is 0 Å². The van der Waals surface area contributed by atoms with Crippen molar-refractivity contribution in [3.8, 4) is 0 Å². The summed E-state index contributed by atoms with van der Waals surface area (Å²) in [5.41, 5.74) is 5.37. The fourth-order valence-electron chi connectivity index (χ4n) is 6.90. The van der Waals surface area contributed by atoms with Gasteiger partial charge in [0.1, 0.15) is 12.1 Å². The Bertz CT molecular complexity index is 1170. The summed E-state index contributed by atoms with van der Waals surface area (Å²) in [5, 5.41) is 8.92. The van der Waals surface area contributed by atoms with Gasteiger partial charge >= 0.3 is 19.8 Å². The first-order valence-electron chi connectivity index (χ1n) is 25.2. The van der Waals surface area contributed by atoms with Crippen LogP contribution in [0.15, 0.2) is 48.6 Å². The monoisotopic (exact) mass is 896 g/mol. The van der Waals surface area contributed by atoms with E-state index in [1.807, 2.05) is 0 Å². The molecule has 0 radical (unpaired) electrons. The van der Waals surface area contributed by atoms with Crippen LogP contribution < -0.4 is 5.73 Å². The van der Waals surface area contributed by atoms with E-state index in [-0.39, 0.29) is 13.0 Å². The lowest BCUT2D eigenvalue weighted by molar-refractivity contribution is -0.154. The lowest BCUT2D eigenvalue weighted by atomic mass is 10.1. The molecule has 0 aliphatic rings. The second-order valence-corrected chi connectivity index (χ2v) is 18.4. The summed E-state index contributed by atoms with van der Waals surface area (Å²) in [4.78, 5) is 33.7. The van der Waals surface area contributed by atoms with Gasteiger partial charge in [0.05, 0.1) is 19.8 Å². The first-order chi connectivity index (χ1) is 30.2. The summed E-state index contributed by atoms with van der Waals surface area (Å²) in [5.74, 6) is -1.78. The van der Waals surface area contributed by atoms with Crippen molar-refractivity contribution in [3.05, 3.63) is 48.6 Å². The molecular formula is C51H94NO9P. The smallest absolute Gasteiger partial charge is 0.472 e. The number of carbonyl (C=O) groups excluding carboxylic acids is 1. The van der Waals surface area contributed by atoms with Crippen molar-refractivity contribution in [2.24, 2.45) is 5.73 Å². The predicted molar refractivity (Wildman–Crippen MR) is 258 cm³/mol. The van der Waals surface area contributed by atoms with Crippen molar-refractivity contribution in [2.45, 2.75) is 238 Å². The number of nitrogens with two attached hydrogens (primary N) is 1. The number of ether oxygens (including phenoxy) is 2. The molecule has 0 fully saturated rings. The fraction of sp³-hybridized carbons (Fsp3) is 0.804. The highest BCUT2D eigenvalue weighted by atomic mass is 31.2. The molecule has 3 atom stereocenters. The van der Waals surface area contributed by atoms with Gasteiger partial charge in [0.25, 0.3) is 0 Å². The van der Waals surface area contributed by atoms with E-state index in [9.17, 15) is 19.0 Å². The van der Waals surface area contributed by atoms with E-state index in [2.05, 4.69) is 62.5 Å². The number of phosphoric acid groups is 1. The highest BCUT2D eigenvalue weighted by Crippen LogP contribution is 2.43. The van der Waals surface area contributed by atoms with Crippen LogP contribution in [0.4, 0.5) is 0 Å². The highest BCUT2D eigenvalue weighted by molar-refractivity contribution is 7.47. The van der Waals surface area contributed by atoms with Gasteiger partial charge < -0.3 is 25.2 Å². The third kappa shape index (κ3) is 45.9. The maximum absolute atomic E-state index is 12.7. The van der Waals surface area contributed by atoms with Crippen LogP contribution in [0.25, 0.3) is 0 Å². The largest absolute Gasteiger partial charge is 0.480 e. The van der Waals surface area contributed by atoms with Crippen LogP contribution in [0.1, 0.15) is 226 Å². The Morgan fingerprint density at radius 3 is 1.32 bits per heavy atom. The van der Waals surface area contributed by atoms with Crippen molar-refractivity contribution in [1.82, 2.24) is 0 Å². The number of carboxylic acid groups (broad SMARTS) is 1. The van der Waals surface area contributed by atoms with Gasteiger partial charge in [0.2, 0.25) is 0 Å². The normalized spacial score (nSPS) is 14.1. The molecule has 0 amide bonds. The number of allylic oxidation sites excluding steroid dienone is 8. The molecule has 3 unspecified atom stereocenters. The molecular weight excluding hydrogens is 802 g/mol. The first kappa shape index (κ1) is 59.9. The minimum Gasteiger partial charge on any atom is -0.480 e. The molecule has 0 aliphatic heterocycles. The van der Waals surface area contributed by atoms with Crippen LogP contribution in [0.2, 0.25) is 0 Å². The van der Waals surface area contributed by atoms with Crippen LogP contribution in [0.5, 0.6) is 0 Å². The maximum Gasteiger partial charge on any atom is 0.472 e. The van der Waals surface area contributed by atoms with Crippen molar-refractivity contribution in [1.29, 1.82) is 0 Å². The Hall–Kier alpha value is -2.07. The molecule has 0 spiro atoms. The zero-order valence-electron chi connectivity index (χ0n) is 39.7. The Balaban J connectivity index is 4.16. The van der Waals surface area contributed by atoms with E-state index < -0.39 is 45.1 Å². The Kier molecular flexibility index (Phi) is 45.3. The van der Waals surface area contributed by atoms with Crippen LogP contribution in [-0.2, 0) is 32.7 Å². The van der Waals surface area contributed by atoms with Crippen LogP contribution in [-0.4, -0.2) is 60.5 Å². The molecule has 10 nitrogen and oxygen atoms in total. The maximum atomic E-state index is 12.7. The molecule has 0 saturated heterocycles. The zero-order valence-corrected chi connectivity index (χ0v) is 40.6. The number of aliphatic carboxylic acids is 1. The molecule has 0 aromatic rings. The van der Waals surface area contributed by atoms with E-state index in [1.165, 1.54) is 141 Å². The van der Waals surface area contributed by atoms with Gasteiger partial charge in [-0.05, 0) is 77.0 Å². The van der Waals surface area contributed by atoms with E-state index in [4.69, 9.17) is 29.4 Å². The van der Waals surface area contributed by atoms with Gasteiger partial charge in [-0.25, -0.2) is 4.57 Å². The Morgan fingerprint density at radius 1 is 0.516 bits per heavy atom. The van der Waals surface area contributed by atoms with Crippen molar-refractivity contribution in [2.75, 3.05) is 26.4 Å². The van der Waals surface area contributed by atoms with Crippen molar-refractivity contribution >= 4 is 19.8 Å². The van der Waals surface area contributed by atoms with Gasteiger partial charge in [0, 0.05) is 13.0 Å². The van der Waals surface area contributed by atoms with Crippen LogP contribution >= 0.6 is 7.82 Å². The number of rotatable bonds is 48. The SMILES string of the molecule is CCCCCC/C=C\C/C=C\CCCCCCCCCC(=O)OC(COCCCCCCCCCCCC/C=C\C/C=C\CCCCCCC)COP(=O)(O)OCC(N)C(=O)O. The topological polar surface area (TPSA) is 155 Å². The fourth-order valence-corrected chi connectivity index (χ4v) is 7.68. The van der Waals surface area contributed by atoms with E-state index in [0.717, 1.165) is 57.8 Å². The number of phosphoric ester groups is 1. The minimum absolute atomic E-state index is 0.0114. The average molecular weight is 896 g/mol. The highest BCUT2D eigenvalue weighted by Gasteiger charge is 2.27. The Morgan fingerprint density at radius 2 is 0.887 bits per heavy atom. The number of carbonyl (C=O) groups is 2. The molecule has 0 aromatic heterocycles. The molecule has 11 heteroatoms.